The van der Waals surface area contributed by atoms with Crippen LogP contribution >= 0.6 is 0 Å². The quantitative estimate of drug-likeness (QED) is 0.753. The number of nitrogens with one attached hydrogen (secondary N) is 1. The summed E-state index contributed by atoms with van der Waals surface area (Å²) in [6, 6.07) is 8.56. The first-order valence-electron chi connectivity index (χ1n) is 6.46. The lowest BCUT2D eigenvalue weighted by Crippen LogP contribution is -2.10. The number of aliphatic hydroxyl groups excluding tert-OH is 1. The van der Waals surface area contributed by atoms with Gasteiger partial charge in [0.25, 0.3) is 0 Å². The topological polar surface area (TPSA) is 82.5 Å². The lowest BCUT2D eigenvalue weighted by molar-refractivity contribution is -0.111. The molecule has 0 spiro atoms. The van der Waals surface area contributed by atoms with Gasteiger partial charge in [-0.05, 0) is 30.7 Å². The summed E-state index contributed by atoms with van der Waals surface area (Å²) in [6.07, 6.45) is 5.08. The number of anilines is 1. The maximum Gasteiger partial charge on any atom is 0.248 e. The summed E-state index contributed by atoms with van der Waals surface area (Å²) in [4.78, 5) is 15.7. The molecule has 1 aromatic carbocycles. The Morgan fingerprint density at radius 2 is 2.10 bits per heavy atom. The minimum Gasteiger partial charge on any atom is -0.506 e. The Hall–Kier alpha value is -2.66. The number of carbonyl (C=O) groups excluding carboxylic acids is 1. The second kappa shape index (κ2) is 6.67. The fourth-order valence-electron chi connectivity index (χ4n) is 1.86. The van der Waals surface area contributed by atoms with Crippen molar-refractivity contribution in [2.75, 3.05) is 5.32 Å². The van der Waals surface area contributed by atoms with Crippen LogP contribution in [0.3, 0.4) is 0 Å². The highest BCUT2D eigenvalue weighted by atomic mass is 16.3. The number of amides is 1. The molecule has 21 heavy (non-hydrogen) atoms. The average Bonchev–Trinajstić information content (AvgIpc) is 2.45. The van der Waals surface area contributed by atoms with Crippen molar-refractivity contribution in [3.8, 4) is 5.75 Å². The van der Waals surface area contributed by atoms with Crippen LogP contribution < -0.4 is 5.32 Å². The van der Waals surface area contributed by atoms with E-state index in [2.05, 4.69) is 10.3 Å². The largest absolute Gasteiger partial charge is 0.506 e. The molecule has 5 nitrogen and oxygen atoms in total. The summed E-state index contributed by atoms with van der Waals surface area (Å²) in [6.45, 7) is 1.64. The molecule has 1 unspecified atom stereocenters. The minimum absolute atomic E-state index is 0.0389. The van der Waals surface area contributed by atoms with Crippen LogP contribution in [0.15, 0.2) is 48.8 Å². The normalized spacial score (nSPS) is 12.3. The van der Waals surface area contributed by atoms with Crippen molar-refractivity contribution in [1.29, 1.82) is 0 Å². The van der Waals surface area contributed by atoms with E-state index in [9.17, 15) is 15.0 Å². The summed E-state index contributed by atoms with van der Waals surface area (Å²) in [5.74, 6) is -0.288. The van der Waals surface area contributed by atoms with Crippen LogP contribution in [-0.2, 0) is 4.79 Å². The molecule has 108 valence electrons. The Balaban J connectivity index is 2.09. The predicted molar refractivity (Wildman–Crippen MR) is 80.6 cm³/mol. The summed E-state index contributed by atoms with van der Waals surface area (Å²) in [7, 11) is 0. The third-order valence-corrected chi connectivity index (χ3v) is 2.84. The van der Waals surface area contributed by atoms with E-state index >= 15 is 0 Å². The predicted octanol–water partition coefficient (Wildman–Crippen LogP) is 2.49. The van der Waals surface area contributed by atoms with Gasteiger partial charge in [0.05, 0.1) is 12.3 Å². The first-order valence-corrected chi connectivity index (χ1v) is 6.46. The molecular weight excluding hydrogens is 268 g/mol. The summed E-state index contributed by atoms with van der Waals surface area (Å²) in [5, 5.41) is 21.6. The first-order chi connectivity index (χ1) is 10.1. The van der Waals surface area contributed by atoms with Crippen molar-refractivity contribution >= 4 is 17.7 Å². The van der Waals surface area contributed by atoms with E-state index in [1.807, 2.05) is 0 Å². The lowest BCUT2D eigenvalue weighted by Gasteiger charge is -2.11. The van der Waals surface area contributed by atoms with Gasteiger partial charge in [-0.1, -0.05) is 18.2 Å². The van der Waals surface area contributed by atoms with Gasteiger partial charge >= 0.3 is 0 Å². The maximum atomic E-state index is 11.9. The Kier molecular flexibility index (Phi) is 4.68. The number of aromatic nitrogens is 1. The monoisotopic (exact) mass is 284 g/mol. The highest BCUT2D eigenvalue weighted by Crippen LogP contribution is 2.22. The molecule has 0 aliphatic carbocycles. The number of rotatable bonds is 4. The molecule has 0 aliphatic rings. The molecule has 1 aromatic heterocycles. The molecule has 1 atom stereocenters. The molecule has 2 rings (SSSR count). The van der Waals surface area contributed by atoms with Crippen LogP contribution in [0.2, 0.25) is 0 Å². The number of hydrogen-bond acceptors (Lipinski definition) is 4. The summed E-state index contributed by atoms with van der Waals surface area (Å²) < 4.78 is 0. The number of hydrogen-bond donors (Lipinski definition) is 3. The molecule has 0 radical (unpaired) electrons. The smallest absolute Gasteiger partial charge is 0.248 e. The van der Waals surface area contributed by atoms with Gasteiger partial charge in [0.2, 0.25) is 5.91 Å². The lowest BCUT2D eigenvalue weighted by atomic mass is 10.1. The van der Waals surface area contributed by atoms with E-state index in [-0.39, 0.29) is 11.7 Å². The Morgan fingerprint density at radius 3 is 2.81 bits per heavy atom. The van der Waals surface area contributed by atoms with E-state index in [1.165, 1.54) is 24.5 Å². The molecule has 1 heterocycles. The third kappa shape index (κ3) is 4.15. The zero-order valence-corrected chi connectivity index (χ0v) is 11.5. The van der Waals surface area contributed by atoms with E-state index in [0.717, 1.165) is 0 Å². The van der Waals surface area contributed by atoms with Gasteiger partial charge in [0, 0.05) is 23.5 Å². The van der Waals surface area contributed by atoms with Crippen molar-refractivity contribution in [2.45, 2.75) is 13.0 Å². The van der Waals surface area contributed by atoms with E-state index in [4.69, 9.17) is 0 Å². The number of pyridine rings is 1. The minimum atomic E-state index is -0.666. The zero-order valence-electron chi connectivity index (χ0n) is 11.5. The first kappa shape index (κ1) is 14.7. The van der Waals surface area contributed by atoms with Crippen molar-refractivity contribution in [3.63, 3.8) is 0 Å². The van der Waals surface area contributed by atoms with Crippen LogP contribution in [-0.4, -0.2) is 21.1 Å². The van der Waals surface area contributed by atoms with Crippen LogP contribution in [0.25, 0.3) is 6.08 Å². The fraction of sp³-hybridized carbons (Fsp3) is 0.125. The number of nitrogens with zero attached hydrogens (tertiary/aromatic N) is 1. The van der Waals surface area contributed by atoms with Gasteiger partial charge in [-0.2, -0.15) is 0 Å². The van der Waals surface area contributed by atoms with Gasteiger partial charge < -0.3 is 15.5 Å². The van der Waals surface area contributed by atoms with E-state index in [1.54, 1.807) is 37.3 Å². The highest BCUT2D eigenvalue weighted by Gasteiger charge is 2.08. The van der Waals surface area contributed by atoms with Crippen molar-refractivity contribution in [2.24, 2.45) is 0 Å². The van der Waals surface area contributed by atoms with Crippen LogP contribution in [0.5, 0.6) is 5.75 Å². The molecule has 5 heteroatoms. The molecule has 0 saturated carbocycles. The van der Waals surface area contributed by atoms with Crippen LogP contribution in [0.4, 0.5) is 5.69 Å². The Labute approximate surface area is 122 Å². The van der Waals surface area contributed by atoms with E-state index in [0.29, 0.717) is 16.8 Å². The molecule has 1 amide bonds. The zero-order chi connectivity index (χ0) is 15.2. The molecular formula is C16H16N2O3. The summed E-state index contributed by atoms with van der Waals surface area (Å²) >= 11 is 0. The average molecular weight is 284 g/mol. The standard InChI is InChI=1S/C16H16N2O3/c1-11(19)14-4-2-3-5-15(14)18-16(21)7-6-12-8-13(20)10-17-9-12/h2-11,19-20H,1H3,(H,18,21)/b7-6+. The molecule has 0 aliphatic heterocycles. The van der Waals surface area contributed by atoms with Gasteiger partial charge in [-0.3, -0.25) is 9.78 Å². The van der Waals surface area contributed by atoms with Crippen LogP contribution in [0, 0.1) is 0 Å². The van der Waals surface area contributed by atoms with Crippen LogP contribution in [0.1, 0.15) is 24.2 Å². The molecule has 0 saturated heterocycles. The second-order valence-corrected chi connectivity index (χ2v) is 4.56. The number of carbonyl (C=O) groups is 1. The number of benzene rings is 1. The molecule has 0 fully saturated rings. The van der Waals surface area contributed by atoms with Crippen molar-refractivity contribution in [3.05, 3.63) is 59.9 Å². The Bertz CT molecular complexity index is 666. The number of aliphatic hydroxyl groups is 1. The number of aromatic hydroxyl groups is 1. The summed E-state index contributed by atoms with van der Waals surface area (Å²) in [5.41, 5.74) is 1.84. The third-order valence-electron chi connectivity index (χ3n) is 2.84. The SMILES string of the molecule is CC(O)c1ccccc1NC(=O)/C=C/c1cncc(O)c1. The van der Waals surface area contributed by atoms with Gasteiger partial charge in [0.1, 0.15) is 5.75 Å². The van der Waals surface area contributed by atoms with Gasteiger partial charge in [0.15, 0.2) is 0 Å². The van der Waals surface area contributed by atoms with Gasteiger partial charge in [-0.15, -0.1) is 0 Å². The molecule has 3 N–H and O–H groups in total. The van der Waals surface area contributed by atoms with Crippen molar-refractivity contribution < 1.29 is 15.0 Å². The highest BCUT2D eigenvalue weighted by molar-refractivity contribution is 6.02. The molecule has 0 bridgehead atoms. The maximum absolute atomic E-state index is 11.9. The van der Waals surface area contributed by atoms with Gasteiger partial charge in [-0.25, -0.2) is 0 Å². The van der Waals surface area contributed by atoms with Crippen molar-refractivity contribution in [1.82, 2.24) is 4.98 Å². The Morgan fingerprint density at radius 1 is 1.33 bits per heavy atom. The fourth-order valence-corrected chi connectivity index (χ4v) is 1.86. The van der Waals surface area contributed by atoms with E-state index < -0.39 is 6.10 Å². The number of para-hydroxylation sites is 1. The second-order valence-electron chi connectivity index (χ2n) is 4.56. The molecule has 2 aromatic rings.